The zero-order valence-electron chi connectivity index (χ0n) is 14.0. The predicted octanol–water partition coefficient (Wildman–Crippen LogP) is 2.66. The molecule has 0 radical (unpaired) electrons. The molecule has 1 amide bonds. The van der Waals surface area contributed by atoms with Crippen LogP contribution in [0.5, 0.6) is 0 Å². The maximum Gasteiger partial charge on any atom is 0.225 e. The minimum Gasteiger partial charge on any atom is -0.349 e. The summed E-state index contributed by atoms with van der Waals surface area (Å²) in [4.78, 5) is 12.4. The van der Waals surface area contributed by atoms with Crippen LogP contribution in [0.4, 0.5) is 0 Å². The van der Waals surface area contributed by atoms with E-state index in [1.807, 2.05) is 64.3 Å². The summed E-state index contributed by atoms with van der Waals surface area (Å²) in [6.45, 7) is 5.76. The number of rotatable bonds is 5. The Morgan fingerprint density at radius 1 is 1.26 bits per heavy atom. The molecule has 0 aliphatic rings. The fourth-order valence-electron chi connectivity index (χ4n) is 2.59. The number of halogens is 1. The number of carbonyl (C=O) groups is 1. The van der Waals surface area contributed by atoms with E-state index in [1.54, 1.807) is 4.68 Å². The Morgan fingerprint density at radius 2 is 1.87 bits per heavy atom. The minimum atomic E-state index is -0.316. The molecule has 0 aliphatic carbocycles. The van der Waals surface area contributed by atoms with Crippen molar-refractivity contribution >= 4 is 18.3 Å². The van der Waals surface area contributed by atoms with Gasteiger partial charge in [-0.2, -0.15) is 5.10 Å². The van der Waals surface area contributed by atoms with E-state index in [0.717, 1.165) is 16.8 Å². The largest absolute Gasteiger partial charge is 0.349 e. The highest BCUT2D eigenvalue weighted by atomic mass is 35.5. The third kappa shape index (κ3) is 4.56. The highest BCUT2D eigenvalue weighted by Gasteiger charge is 2.24. The first-order valence-electron chi connectivity index (χ1n) is 7.51. The van der Waals surface area contributed by atoms with Crippen LogP contribution in [0, 0.1) is 12.8 Å². The molecule has 23 heavy (non-hydrogen) atoms. The first-order valence-corrected chi connectivity index (χ1v) is 7.51. The van der Waals surface area contributed by atoms with Gasteiger partial charge in [0, 0.05) is 24.8 Å². The van der Waals surface area contributed by atoms with Gasteiger partial charge in [-0.1, -0.05) is 37.3 Å². The van der Waals surface area contributed by atoms with Gasteiger partial charge in [-0.25, -0.2) is 0 Å². The molecular formula is C17H25ClN4O. The molecule has 0 saturated heterocycles. The summed E-state index contributed by atoms with van der Waals surface area (Å²) in [7, 11) is 1.87. The maximum atomic E-state index is 12.4. The molecule has 0 fully saturated rings. The molecule has 0 spiro atoms. The lowest BCUT2D eigenvalue weighted by molar-refractivity contribution is -0.125. The van der Waals surface area contributed by atoms with Crippen molar-refractivity contribution in [1.82, 2.24) is 15.1 Å². The highest BCUT2D eigenvalue weighted by Crippen LogP contribution is 2.21. The Labute approximate surface area is 143 Å². The molecule has 1 heterocycles. The summed E-state index contributed by atoms with van der Waals surface area (Å²) in [6.07, 6.45) is 1.93. The number of aromatic nitrogens is 2. The van der Waals surface area contributed by atoms with E-state index in [1.165, 1.54) is 0 Å². The summed E-state index contributed by atoms with van der Waals surface area (Å²) >= 11 is 0. The predicted molar refractivity (Wildman–Crippen MR) is 94.3 cm³/mol. The fourth-order valence-corrected chi connectivity index (χ4v) is 2.59. The van der Waals surface area contributed by atoms with Crippen LogP contribution in [0.1, 0.15) is 42.8 Å². The lowest BCUT2D eigenvalue weighted by Gasteiger charge is -2.22. The van der Waals surface area contributed by atoms with Gasteiger partial charge in [0.15, 0.2) is 0 Å². The fraction of sp³-hybridized carbons (Fsp3) is 0.412. The number of hydrogen-bond donors (Lipinski definition) is 2. The van der Waals surface area contributed by atoms with Gasteiger partial charge in [-0.05, 0) is 19.4 Å². The van der Waals surface area contributed by atoms with Crippen molar-refractivity contribution in [2.24, 2.45) is 18.7 Å². The van der Waals surface area contributed by atoms with Crippen molar-refractivity contribution in [2.45, 2.75) is 32.9 Å². The molecule has 1 aromatic heterocycles. The molecule has 2 rings (SSSR count). The van der Waals surface area contributed by atoms with Crippen LogP contribution >= 0.6 is 12.4 Å². The van der Waals surface area contributed by atoms with E-state index in [4.69, 9.17) is 5.73 Å². The SMILES string of the molecule is Cc1nn(C)cc1C(C)NC(=O)C(C)C(N)c1ccccc1.Cl. The second-order valence-corrected chi connectivity index (χ2v) is 5.80. The zero-order chi connectivity index (χ0) is 16.3. The molecule has 3 N–H and O–H groups in total. The smallest absolute Gasteiger partial charge is 0.225 e. The molecule has 6 heteroatoms. The van der Waals surface area contributed by atoms with Gasteiger partial charge >= 0.3 is 0 Å². The standard InChI is InChI=1S/C17H24N4O.ClH/c1-11(16(18)14-8-6-5-7-9-14)17(22)19-12(2)15-10-21(4)20-13(15)3;/h5-12,16H,18H2,1-4H3,(H,19,22);1H. The molecule has 0 bridgehead atoms. The number of benzene rings is 1. The van der Waals surface area contributed by atoms with Crippen molar-refractivity contribution in [3.05, 3.63) is 53.3 Å². The van der Waals surface area contributed by atoms with Crippen molar-refractivity contribution < 1.29 is 4.79 Å². The van der Waals surface area contributed by atoms with Gasteiger partial charge < -0.3 is 11.1 Å². The molecular weight excluding hydrogens is 312 g/mol. The first kappa shape index (κ1) is 19.2. The van der Waals surface area contributed by atoms with Crippen molar-refractivity contribution in [3.63, 3.8) is 0 Å². The summed E-state index contributed by atoms with van der Waals surface area (Å²) in [5, 5.41) is 7.34. The quantitative estimate of drug-likeness (QED) is 0.881. The molecule has 0 aliphatic heterocycles. The van der Waals surface area contributed by atoms with Crippen molar-refractivity contribution in [1.29, 1.82) is 0 Å². The number of aryl methyl sites for hydroxylation is 2. The molecule has 5 nitrogen and oxygen atoms in total. The van der Waals surface area contributed by atoms with Crippen molar-refractivity contribution in [2.75, 3.05) is 0 Å². The number of nitrogens with two attached hydrogens (primary N) is 1. The number of nitrogens with zero attached hydrogens (tertiary/aromatic N) is 2. The number of carbonyl (C=O) groups excluding carboxylic acids is 1. The van der Waals surface area contributed by atoms with E-state index < -0.39 is 0 Å². The van der Waals surface area contributed by atoms with E-state index in [2.05, 4.69) is 10.4 Å². The van der Waals surface area contributed by atoms with Crippen LogP contribution in [0.25, 0.3) is 0 Å². The molecule has 126 valence electrons. The Morgan fingerprint density at radius 3 is 2.39 bits per heavy atom. The summed E-state index contributed by atoms with van der Waals surface area (Å²) in [6, 6.07) is 9.29. The summed E-state index contributed by atoms with van der Waals surface area (Å²) in [5.74, 6) is -0.353. The van der Waals surface area contributed by atoms with Gasteiger partial charge in [0.05, 0.1) is 17.7 Å². The average molecular weight is 337 g/mol. The van der Waals surface area contributed by atoms with E-state index in [0.29, 0.717) is 0 Å². The van der Waals surface area contributed by atoms with Crippen molar-refractivity contribution in [3.8, 4) is 0 Å². The zero-order valence-corrected chi connectivity index (χ0v) is 14.8. The van der Waals surface area contributed by atoms with Gasteiger partial charge in [0.25, 0.3) is 0 Å². The summed E-state index contributed by atoms with van der Waals surface area (Å²) in [5.41, 5.74) is 9.13. The highest BCUT2D eigenvalue weighted by molar-refractivity contribution is 5.85. The topological polar surface area (TPSA) is 72.9 Å². The van der Waals surface area contributed by atoms with Crippen LogP contribution in [-0.4, -0.2) is 15.7 Å². The maximum absolute atomic E-state index is 12.4. The normalized spacial score (nSPS) is 14.5. The second-order valence-electron chi connectivity index (χ2n) is 5.80. The Bertz CT molecular complexity index is 641. The number of hydrogen-bond acceptors (Lipinski definition) is 3. The lowest BCUT2D eigenvalue weighted by Crippen LogP contribution is -2.37. The Kier molecular flexibility index (Phi) is 6.79. The van der Waals surface area contributed by atoms with E-state index in [-0.39, 0.29) is 36.3 Å². The lowest BCUT2D eigenvalue weighted by atomic mass is 9.94. The monoisotopic (exact) mass is 336 g/mol. The molecule has 1 aromatic carbocycles. The summed E-state index contributed by atoms with van der Waals surface area (Å²) < 4.78 is 1.76. The number of amides is 1. The Hall–Kier alpha value is -1.85. The van der Waals surface area contributed by atoms with E-state index in [9.17, 15) is 4.79 Å². The van der Waals surface area contributed by atoms with Crippen LogP contribution in [0.15, 0.2) is 36.5 Å². The number of nitrogens with one attached hydrogen (secondary N) is 1. The molecule has 0 saturated carbocycles. The molecule has 2 aromatic rings. The third-order valence-electron chi connectivity index (χ3n) is 4.01. The van der Waals surface area contributed by atoms with Gasteiger partial charge in [0.2, 0.25) is 5.91 Å². The second kappa shape index (κ2) is 8.13. The third-order valence-corrected chi connectivity index (χ3v) is 4.01. The van der Waals surface area contributed by atoms with Gasteiger partial charge in [-0.15, -0.1) is 12.4 Å². The van der Waals surface area contributed by atoms with Crippen LogP contribution < -0.4 is 11.1 Å². The molecule has 3 atom stereocenters. The van der Waals surface area contributed by atoms with E-state index >= 15 is 0 Å². The minimum absolute atomic E-state index is 0. The first-order chi connectivity index (χ1) is 10.4. The van der Waals surface area contributed by atoms with Crippen LogP contribution in [0.2, 0.25) is 0 Å². The molecule has 3 unspecified atom stereocenters. The van der Waals surface area contributed by atoms with Crippen LogP contribution in [-0.2, 0) is 11.8 Å². The van der Waals surface area contributed by atoms with Gasteiger partial charge in [0.1, 0.15) is 0 Å². The average Bonchev–Trinajstić information content (AvgIpc) is 2.85. The van der Waals surface area contributed by atoms with Crippen LogP contribution in [0.3, 0.4) is 0 Å². The van der Waals surface area contributed by atoms with Gasteiger partial charge in [-0.3, -0.25) is 9.48 Å². The Balaban J connectivity index is 0.00000264.